The van der Waals surface area contributed by atoms with Gasteiger partial charge in [-0.3, -0.25) is 0 Å². The molecule has 1 amide bonds. The van der Waals surface area contributed by atoms with Crippen LogP contribution in [0.3, 0.4) is 0 Å². The van der Waals surface area contributed by atoms with Crippen molar-refractivity contribution in [2.75, 3.05) is 6.54 Å². The lowest BCUT2D eigenvalue weighted by Crippen LogP contribution is -2.32. The summed E-state index contributed by atoms with van der Waals surface area (Å²) in [7, 11) is 0. The summed E-state index contributed by atoms with van der Waals surface area (Å²) in [5.74, 6) is 0. The van der Waals surface area contributed by atoms with Gasteiger partial charge in [0, 0.05) is 6.54 Å². The first-order valence-corrected chi connectivity index (χ1v) is 3.46. The molecule has 0 atom stereocenters. The molecule has 0 unspecified atom stereocenters. The average Bonchev–Trinajstić information content (AvgIpc) is 1.79. The summed E-state index contributed by atoms with van der Waals surface area (Å²) in [6, 6.07) is 0. The monoisotopic (exact) mass is 156 g/mol. The maximum atomic E-state index is 10.8. The highest BCUT2D eigenvalue weighted by Crippen LogP contribution is 2.05. The van der Waals surface area contributed by atoms with Crippen molar-refractivity contribution in [3.63, 3.8) is 0 Å². The van der Waals surface area contributed by atoms with Crippen LogP contribution in [0.5, 0.6) is 0 Å². The molecule has 0 aliphatic heterocycles. The first-order valence-electron chi connectivity index (χ1n) is 3.46. The van der Waals surface area contributed by atoms with E-state index in [1.54, 1.807) is 20.8 Å². The van der Waals surface area contributed by atoms with E-state index in [9.17, 15) is 4.79 Å². The highest BCUT2D eigenvalue weighted by atomic mass is 16.6. The molecule has 0 aromatic carbocycles. The molecule has 3 nitrogen and oxygen atoms in total. The Labute approximate surface area is 67.4 Å². The van der Waals surface area contributed by atoms with Gasteiger partial charge in [-0.25, -0.2) is 4.79 Å². The zero-order chi connectivity index (χ0) is 8.91. The zero-order valence-electron chi connectivity index (χ0n) is 7.18. The highest BCUT2D eigenvalue weighted by Gasteiger charge is 2.14. The molecule has 1 N–H and O–H groups in total. The Morgan fingerprint density at radius 2 is 2.18 bits per heavy atom. The number of carbonyl (C=O) groups is 1. The normalized spacial score (nSPS) is 10.5. The predicted molar refractivity (Wildman–Crippen MR) is 43.1 cm³/mol. The van der Waals surface area contributed by atoms with Crippen LogP contribution in [-0.2, 0) is 4.74 Å². The van der Waals surface area contributed by atoms with Gasteiger partial charge < -0.3 is 10.1 Å². The van der Waals surface area contributed by atoms with Gasteiger partial charge in [-0.05, 0) is 20.8 Å². The Hall–Kier alpha value is -0.990. The Bertz CT molecular complexity index is 147. The quantitative estimate of drug-likeness (QED) is 0.658. The minimum Gasteiger partial charge on any atom is -0.444 e. The van der Waals surface area contributed by atoms with Gasteiger partial charge in [0.2, 0.25) is 0 Å². The third kappa shape index (κ3) is 6.90. The number of alkyl carbamates (subject to hydrolysis) is 1. The summed E-state index contributed by atoms with van der Waals surface area (Å²) in [6.07, 6.45) is 0.906. The number of amides is 1. The molecule has 0 heterocycles. The maximum absolute atomic E-state index is 10.8. The summed E-state index contributed by atoms with van der Waals surface area (Å²) in [6.45, 7) is 10.8. The van der Waals surface area contributed by atoms with Gasteiger partial charge in [0.15, 0.2) is 0 Å². The molecule has 1 radical (unpaired) electrons. The van der Waals surface area contributed by atoms with E-state index in [2.05, 4.69) is 5.32 Å². The van der Waals surface area contributed by atoms with Crippen LogP contribution >= 0.6 is 0 Å². The average molecular weight is 156 g/mol. The van der Waals surface area contributed by atoms with Gasteiger partial charge in [0.1, 0.15) is 5.60 Å². The fraction of sp³-hybridized carbons (Fsp3) is 0.625. The molecule has 3 heteroatoms. The highest BCUT2D eigenvalue weighted by molar-refractivity contribution is 5.67. The van der Waals surface area contributed by atoms with E-state index >= 15 is 0 Å². The van der Waals surface area contributed by atoms with E-state index in [1.807, 2.05) is 0 Å². The first-order chi connectivity index (χ1) is 4.95. The molecule has 63 valence electrons. The van der Waals surface area contributed by atoms with Crippen LogP contribution in [0, 0.1) is 6.58 Å². The molecule has 0 aromatic rings. The van der Waals surface area contributed by atoms with Crippen molar-refractivity contribution >= 4 is 6.09 Å². The summed E-state index contributed by atoms with van der Waals surface area (Å²) >= 11 is 0. The molecule has 0 aromatic heterocycles. The molecule has 0 saturated carbocycles. The van der Waals surface area contributed by atoms with Crippen LogP contribution in [0.4, 0.5) is 4.79 Å². The summed E-state index contributed by atoms with van der Waals surface area (Å²) in [5, 5.41) is 2.45. The topological polar surface area (TPSA) is 38.3 Å². The van der Waals surface area contributed by atoms with Gasteiger partial charge in [-0.2, -0.15) is 0 Å². The van der Waals surface area contributed by atoms with Gasteiger partial charge in [-0.1, -0.05) is 12.7 Å². The third-order valence-electron chi connectivity index (χ3n) is 0.763. The van der Waals surface area contributed by atoms with Crippen molar-refractivity contribution in [2.45, 2.75) is 26.4 Å². The minimum atomic E-state index is -0.446. The van der Waals surface area contributed by atoms with Crippen LogP contribution in [0.2, 0.25) is 0 Å². The molecular weight excluding hydrogens is 142 g/mol. The molecule has 0 fully saturated rings. The summed E-state index contributed by atoms with van der Waals surface area (Å²) < 4.78 is 4.91. The van der Waals surface area contributed by atoms with E-state index in [0.717, 1.165) is 0 Å². The van der Waals surface area contributed by atoms with Gasteiger partial charge in [0.05, 0.1) is 0 Å². The Morgan fingerprint density at radius 1 is 1.64 bits per heavy atom. The molecule has 0 spiro atoms. The van der Waals surface area contributed by atoms with E-state index in [0.29, 0.717) is 6.54 Å². The van der Waals surface area contributed by atoms with E-state index in [4.69, 9.17) is 11.3 Å². The first kappa shape index (κ1) is 10.0. The van der Waals surface area contributed by atoms with Gasteiger partial charge in [-0.15, -0.1) is 0 Å². The smallest absolute Gasteiger partial charge is 0.407 e. The number of ether oxygens (including phenoxy) is 1. The fourth-order valence-corrected chi connectivity index (χ4v) is 0.456. The minimum absolute atomic E-state index is 0.328. The second kappa shape index (κ2) is 4.01. The molecule has 0 saturated heterocycles. The second-order valence-corrected chi connectivity index (χ2v) is 3.12. The van der Waals surface area contributed by atoms with Crippen molar-refractivity contribution in [3.05, 3.63) is 12.7 Å². The van der Waals surface area contributed by atoms with E-state index in [1.165, 1.54) is 6.08 Å². The van der Waals surface area contributed by atoms with Gasteiger partial charge in [0.25, 0.3) is 0 Å². The molecule has 0 bridgehead atoms. The van der Waals surface area contributed by atoms with Crippen molar-refractivity contribution in [1.29, 1.82) is 0 Å². The molecule has 0 aliphatic carbocycles. The number of nitrogens with one attached hydrogen (secondary N) is 1. The summed E-state index contributed by atoms with van der Waals surface area (Å²) in [4.78, 5) is 10.8. The fourth-order valence-electron chi connectivity index (χ4n) is 0.456. The Morgan fingerprint density at radius 3 is 2.55 bits per heavy atom. The lowest BCUT2D eigenvalue weighted by Gasteiger charge is -2.19. The number of hydrogen-bond acceptors (Lipinski definition) is 2. The van der Waals surface area contributed by atoms with E-state index < -0.39 is 11.7 Å². The molecule has 0 aliphatic rings. The molecular formula is C8H14NO2. The maximum Gasteiger partial charge on any atom is 0.407 e. The van der Waals surface area contributed by atoms with Crippen LogP contribution in [0.15, 0.2) is 6.08 Å². The predicted octanol–water partition coefficient (Wildman–Crippen LogP) is 1.50. The number of rotatable bonds is 2. The third-order valence-corrected chi connectivity index (χ3v) is 0.763. The zero-order valence-corrected chi connectivity index (χ0v) is 7.18. The Balaban J connectivity index is 3.61. The summed E-state index contributed by atoms with van der Waals surface area (Å²) in [5.41, 5.74) is -0.446. The van der Waals surface area contributed by atoms with Gasteiger partial charge >= 0.3 is 6.09 Å². The van der Waals surface area contributed by atoms with Crippen LogP contribution < -0.4 is 5.32 Å². The van der Waals surface area contributed by atoms with Crippen molar-refractivity contribution < 1.29 is 9.53 Å². The standard InChI is InChI=1S/C8H14NO2/c1-5-6-9-7(10)11-8(2,3)4/h1,5H,6H2,2-4H3,(H,9,10). The van der Waals surface area contributed by atoms with Crippen LogP contribution in [-0.4, -0.2) is 18.2 Å². The molecule has 0 rings (SSSR count). The van der Waals surface area contributed by atoms with E-state index in [-0.39, 0.29) is 0 Å². The van der Waals surface area contributed by atoms with Crippen molar-refractivity contribution in [1.82, 2.24) is 5.32 Å². The lowest BCUT2D eigenvalue weighted by molar-refractivity contribution is 0.0534. The number of carbonyl (C=O) groups excluding carboxylic acids is 1. The van der Waals surface area contributed by atoms with Crippen LogP contribution in [0.25, 0.3) is 0 Å². The van der Waals surface area contributed by atoms with Crippen molar-refractivity contribution in [3.8, 4) is 0 Å². The Kier molecular flexibility index (Phi) is 3.65. The number of hydrogen-bond donors (Lipinski definition) is 1. The largest absolute Gasteiger partial charge is 0.444 e. The second-order valence-electron chi connectivity index (χ2n) is 3.12. The lowest BCUT2D eigenvalue weighted by atomic mass is 10.2. The van der Waals surface area contributed by atoms with Crippen LogP contribution in [0.1, 0.15) is 20.8 Å². The SMILES string of the molecule is [CH]=CCNC(=O)OC(C)(C)C. The van der Waals surface area contributed by atoms with Crippen molar-refractivity contribution in [2.24, 2.45) is 0 Å². The molecule has 11 heavy (non-hydrogen) atoms.